The Balaban J connectivity index is 1.85. The summed E-state index contributed by atoms with van der Waals surface area (Å²) in [5, 5.41) is 0. The second-order valence-electron chi connectivity index (χ2n) is 9.10. The number of ether oxygens (including phenoxy) is 2. The molecule has 3 heterocycles. The quantitative estimate of drug-likeness (QED) is 0.570. The van der Waals surface area contributed by atoms with E-state index in [1.54, 1.807) is 44.0 Å². The van der Waals surface area contributed by atoms with E-state index in [-0.39, 0.29) is 35.9 Å². The van der Waals surface area contributed by atoms with Gasteiger partial charge in [-0.3, -0.25) is 9.59 Å². The molecule has 8 nitrogen and oxygen atoms in total. The number of aryl methyl sites for hydroxylation is 2. The van der Waals surface area contributed by atoms with Gasteiger partial charge in [-0.15, -0.1) is 0 Å². The van der Waals surface area contributed by atoms with E-state index in [0.717, 1.165) is 11.1 Å². The third-order valence-corrected chi connectivity index (χ3v) is 6.92. The fraction of sp³-hybridized carbons (Fsp3) is 0.250. The predicted octanol–water partition coefficient (Wildman–Crippen LogP) is 2.96. The average molecular weight is 486 g/mol. The van der Waals surface area contributed by atoms with Crippen LogP contribution in [0.1, 0.15) is 34.9 Å². The van der Waals surface area contributed by atoms with E-state index in [0.29, 0.717) is 16.9 Å². The maximum atomic E-state index is 14.6. The standard InChI is InChI=1S/C28H27N3O5/c1-5-35-26(33)23-24(29)36-21-14-17(3)30(4)25(32)22(21)28(23)19-11-6-7-12-20(19)31(27(28)34)15-18-10-8-9-16(2)13-18/h6-14H,5,15,29H2,1-4H3/t28-/m0/s1. The highest BCUT2D eigenvalue weighted by molar-refractivity contribution is 6.18. The molecule has 0 aliphatic carbocycles. The van der Waals surface area contributed by atoms with Crippen molar-refractivity contribution >= 4 is 17.6 Å². The van der Waals surface area contributed by atoms with Crippen LogP contribution in [0.5, 0.6) is 5.75 Å². The number of para-hydroxylation sites is 1. The van der Waals surface area contributed by atoms with Gasteiger partial charge in [0.25, 0.3) is 5.56 Å². The molecule has 1 atom stereocenters. The lowest BCUT2D eigenvalue weighted by Crippen LogP contribution is -2.51. The summed E-state index contributed by atoms with van der Waals surface area (Å²) in [7, 11) is 1.62. The van der Waals surface area contributed by atoms with Crippen LogP contribution < -0.4 is 20.9 Å². The fourth-order valence-corrected chi connectivity index (χ4v) is 5.24. The number of hydrogen-bond acceptors (Lipinski definition) is 6. The molecule has 5 rings (SSSR count). The van der Waals surface area contributed by atoms with Crippen molar-refractivity contribution in [1.82, 2.24) is 4.57 Å². The summed E-state index contributed by atoms with van der Waals surface area (Å²) in [5.74, 6) is -1.36. The Bertz CT molecular complexity index is 1520. The first-order valence-corrected chi connectivity index (χ1v) is 11.7. The zero-order chi connectivity index (χ0) is 25.8. The number of nitrogens with zero attached hydrogens (tertiary/aromatic N) is 2. The largest absolute Gasteiger partial charge is 0.462 e. The normalized spacial score (nSPS) is 18.2. The van der Waals surface area contributed by atoms with Gasteiger partial charge in [0.2, 0.25) is 11.8 Å². The molecule has 0 fully saturated rings. The average Bonchev–Trinajstić information content (AvgIpc) is 3.06. The highest BCUT2D eigenvalue weighted by Crippen LogP contribution is 2.54. The summed E-state index contributed by atoms with van der Waals surface area (Å²) in [6.07, 6.45) is 0. The van der Waals surface area contributed by atoms with Crippen LogP contribution in [-0.4, -0.2) is 23.1 Å². The minimum absolute atomic E-state index is 0.0528. The third-order valence-electron chi connectivity index (χ3n) is 6.92. The Morgan fingerprint density at radius 2 is 1.83 bits per heavy atom. The maximum absolute atomic E-state index is 14.6. The highest BCUT2D eigenvalue weighted by Gasteiger charge is 2.62. The molecular formula is C28H27N3O5. The number of fused-ring (bicyclic) bond motifs is 4. The van der Waals surface area contributed by atoms with E-state index in [1.807, 2.05) is 43.3 Å². The van der Waals surface area contributed by atoms with Crippen LogP contribution in [-0.2, 0) is 33.3 Å². The fourth-order valence-electron chi connectivity index (χ4n) is 5.24. The lowest BCUT2D eigenvalue weighted by Gasteiger charge is -2.35. The summed E-state index contributed by atoms with van der Waals surface area (Å²) < 4.78 is 12.6. The van der Waals surface area contributed by atoms with Gasteiger partial charge in [-0.1, -0.05) is 48.0 Å². The van der Waals surface area contributed by atoms with Crippen molar-refractivity contribution in [2.75, 3.05) is 11.5 Å². The van der Waals surface area contributed by atoms with Gasteiger partial charge in [0.15, 0.2) is 0 Å². The lowest BCUT2D eigenvalue weighted by molar-refractivity contribution is -0.140. The van der Waals surface area contributed by atoms with Gasteiger partial charge >= 0.3 is 5.97 Å². The number of nitrogens with two attached hydrogens (primary N) is 1. The zero-order valence-corrected chi connectivity index (χ0v) is 20.6. The molecule has 1 aromatic heterocycles. The van der Waals surface area contributed by atoms with E-state index >= 15 is 0 Å². The minimum Gasteiger partial charge on any atom is -0.462 e. The number of carbonyl (C=O) groups is 2. The number of rotatable bonds is 4. The molecule has 2 N–H and O–H groups in total. The van der Waals surface area contributed by atoms with Gasteiger partial charge in [0.05, 0.1) is 18.7 Å². The van der Waals surface area contributed by atoms with Crippen LogP contribution in [0.2, 0.25) is 0 Å². The molecule has 1 amide bonds. The number of pyridine rings is 1. The monoisotopic (exact) mass is 485 g/mol. The first-order chi connectivity index (χ1) is 17.2. The number of esters is 1. The molecule has 36 heavy (non-hydrogen) atoms. The van der Waals surface area contributed by atoms with Gasteiger partial charge in [-0.2, -0.15) is 0 Å². The molecule has 8 heteroatoms. The second-order valence-corrected chi connectivity index (χ2v) is 9.10. The first kappa shape index (κ1) is 23.4. The highest BCUT2D eigenvalue weighted by atomic mass is 16.5. The summed E-state index contributed by atoms with van der Waals surface area (Å²) in [6, 6.07) is 16.7. The van der Waals surface area contributed by atoms with Crippen molar-refractivity contribution in [2.45, 2.75) is 32.7 Å². The van der Waals surface area contributed by atoms with E-state index in [4.69, 9.17) is 15.2 Å². The van der Waals surface area contributed by atoms with Crippen molar-refractivity contribution in [1.29, 1.82) is 0 Å². The molecule has 1 spiro atoms. The van der Waals surface area contributed by atoms with E-state index in [2.05, 4.69) is 0 Å². The Labute approximate surface area is 208 Å². The lowest BCUT2D eigenvalue weighted by atomic mass is 9.68. The van der Waals surface area contributed by atoms with E-state index < -0.39 is 22.9 Å². The van der Waals surface area contributed by atoms with Crippen LogP contribution in [0.4, 0.5) is 5.69 Å². The zero-order valence-electron chi connectivity index (χ0n) is 20.6. The number of hydrogen-bond donors (Lipinski definition) is 1. The molecule has 3 aromatic rings. The molecule has 0 unspecified atom stereocenters. The molecule has 0 radical (unpaired) electrons. The molecule has 0 saturated heterocycles. The van der Waals surface area contributed by atoms with Crippen molar-refractivity contribution < 1.29 is 19.1 Å². The van der Waals surface area contributed by atoms with E-state index in [1.165, 1.54) is 4.57 Å². The van der Waals surface area contributed by atoms with Gasteiger partial charge in [-0.25, -0.2) is 4.79 Å². The van der Waals surface area contributed by atoms with Crippen LogP contribution >= 0.6 is 0 Å². The Kier molecular flexibility index (Phi) is 5.47. The van der Waals surface area contributed by atoms with E-state index in [9.17, 15) is 14.4 Å². The second kappa shape index (κ2) is 8.41. The molecule has 184 valence electrons. The Morgan fingerprint density at radius 1 is 1.08 bits per heavy atom. The van der Waals surface area contributed by atoms with Crippen LogP contribution in [0.15, 0.2) is 70.8 Å². The number of benzene rings is 2. The van der Waals surface area contributed by atoms with Crippen molar-refractivity contribution in [3.63, 3.8) is 0 Å². The topological polar surface area (TPSA) is 104 Å². The van der Waals surface area contributed by atoms with Gasteiger partial charge in [0.1, 0.15) is 16.7 Å². The summed E-state index contributed by atoms with van der Waals surface area (Å²) in [6.45, 7) is 5.71. The summed E-state index contributed by atoms with van der Waals surface area (Å²) in [4.78, 5) is 43.4. The molecule has 2 aliphatic rings. The van der Waals surface area contributed by atoms with Crippen LogP contribution in [0.3, 0.4) is 0 Å². The maximum Gasteiger partial charge on any atom is 0.341 e. The van der Waals surface area contributed by atoms with Gasteiger partial charge in [0, 0.05) is 30.1 Å². The van der Waals surface area contributed by atoms with Crippen molar-refractivity contribution in [3.8, 4) is 5.75 Å². The number of carbonyl (C=O) groups excluding carboxylic acids is 2. The minimum atomic E-state index is -1.81. The Morgan fingerprint density at radius 3 is 2.56 bits per heavy atom. The molecular weight excluding hydrogens is 458 g/mol. The van der Waals surface area contributed by atoms with Crippen LogP contribution in [0, 0.1) is 13.8 Å². The smallest absolute Gasteiger partial charge is 0.341 e. The van der Waals surface area contributed by atoms with Crippen molar-refractivity contribution in [2.24, 2.45) is 12.8 Å². The summed E-state index contributed by atoms with van der Waals surface area (Å²) >= 11 is 0. The molecule has 0 saturated carbocycles. The molecule has 2 aliphatic heterocycles. The molecule has 2 aromatic carbocycles. The van der Waals surface area contributed by atoms with Gasteiger partial charge < -0.3 is 24.7 Å². The van der Waals surface area contributed by atoms with Crippen molar-refractivity contribution in [3.05, 3.63) is 104 Å². The number of anilines is 1. The molecule has 0 bridgehead atoms. The number of amides is 1. The number of aromatic nitrogens is 1. The summed E-state index contributed by atoms with van der Waals surface area (Å²) in [5.41, 5.74) is 7.61. The Hall–Kier alpha value is -4.33. The van der Waals surface area contributed by atoms with Gasteiger partial charge in [-0.05, 0) is 32.4 Å². The predicted molar refractivity (Wildman–Crippen MR) is 134 cm³/mol. The first-order valence-electron chi connectivity index (χ1n) is 11.7. The van der Waals surface area contributed by atoms with Crippen LogP contribution in [0.25, 0.3) is 0 Å². The third kappa shape index (κ3) is 3.17. The SMILES string of the molecule is CCOC(=O)C1=C(N)Oc2cc(C)n(C)c(=O)c2[C@]12C(=O)N(Cc1cccc(C)c1)c1ccccc12.